The lowest BCUT2D eigenvalue weighted by atomic mass is 10.1. The van der Waals surface area contributed by atoms with Crippen molar-refractivity contribution in [3.8, 4) is 0 Å². The van der Waals surface area contributed by atoms with Crippen LogP contribution in [-0.4, -0.2) is 16.9 Å². The number of benzene rings is 1. The highest BCUT2D eigenvalue weighted by Gasteiger charge is 2.18. The largest absolute Gasteiger partial charge is 0.481 e. The quantitative estimate of drug-likeness (QED) is 0.859. The molecular formula is C14H12O3S. The van der Waals surface area contributed by atoms with Crippen LogP contribution >= 0.6 is 11.3 Å². The maximum atomic E-state index is 12.1. The van der Waals surface area contributed by atoms with Crippen molar-refractivity contribution in [2.24, 2.45) is 0 Å². The van der Waals surface area contributed by atoms with E-state index in [2.05, 4.69) is 0 Å². The maximum absolute atomic E-state index is 12.1. The Hall–Kier alpha value is -1.94. The molecule has 0 unspecified atom stereocenters. The fraction of sp³-hybridized carbons (Fsp3) is 0.143. The molecule has 0 saturated carbocycles. The van der Waals surface area contributed by atoms with Crippen molar-refractivity contribution in [3.05, 3.63) is 57.8 Å². The summed E-state index contributed by atoms with van der Waals surface area (Å²) in [7, 11) is 0. The monoisotopic (exact) mass is 260 g/mol. The van der Waals surface area contributed by atoms with Crippen molar-refractivity contribution in [1.29, 1.82) is 0 Å². The molecule has 1 aromatic heterocycles. The highest BCUT2D eigenvalue weighted by molar-refractivity contribution is 7.14. The van der Waals surface area contributed by atoms with Crippen LogP contribution in [0.4, 0.5) is 0 Å². The maximum Gasteiger partial charge on any atom is 0.311 e. The molecule has 0 bridgehead atoms. The van der Waals surface area contributed by atoms with Gasteiger partial charge in [0, 0.05) is 10.4 Å². The fourth-order valence-electron chi connectivity index (χ4n) is 1.56. The van der Waals surface area contributed by atoms with Gasteiger partial charge in [-0.2, -0.15) is 0 Å². The van der Waals surface area contributed by atoms with Crippen LogP contribution in [0, 0.1) is 0 Å². The Morgan fingerprint density at radius 1 is 1.11 bits per heavy atom. The predicted molar refractivity (Wildman–Crippen MR) is 70.2 cm³/mol. The predicted octanol–water partition coefficient (Wildman–Crippen LogP) is 3.17. The number of carbonyl (C=O) groups excluding carboxylic acids is 1. The minimum Gasteiger partial charge on any atom is -0.481 e. The molecule has 1 aromatic carbocycles. The van der Waals surface area contributed by atoms with E-state index in [1.54, 1.807) is 31.2 Å². The number of carbonyl (C=O) groups is 2. The van der Waals surface area contributed by atoms with Crippen LogP contribution in [0.25, 0.3) is 0 Å². The summed E-state index contributed by atoms with van der Waals surface area (Å²) < 4.78 is 0. The molecule has 92 valence electrons. The highest BCUT2D eigenvalue weighted by atomic mass is 32.1. The molecule has 2 rings (SSSR count). The fourth-order valence-corrected chi connectivity index (χ4v) is 2.58. The first-order valence-electron chi connectivity index (χ1n) is 5.52. The average Bonchev–Trinajstić information content (AvgIpc) is 2.87. The molecule has 2 aromatic rings. The van der Waals surface area contributed by atoms with Gasteiger partial charge in [0.2, 0.25) is 5.78 Å². The second-order valence-corrected chi connectivity index (χ2v) is 5.07. The van der Waals surface area contributed by atoms with Gasteiger partial charge in [-0.05, 0) is 19.1 Å². The van der Waals surface area contributed by atoms with Crippen molar-refractivity contribution < 1.29 is 14.7 Å². The van der Waals surface area contributed by atoms with Crippen LogP contribution in [0.15, 0.2) is 42.5 Å². The molecule has 0 amide bonds. The zero-order valence-electron chi connectivity index (χ0n) is 9.79. The van der Waals surface area contributed by atoms with E-state index in [9.17, 15) is 9.59 Å². The highest BCUT2D eigenvalue weighted by Crippen LogP contribution is 2.26. The molecule has 0 aliphatic heterocycles. The number of thiophene rings is 1. The summed E-state index contributed by atoms with van der Waals surface area (Å²) in [6, 6.07) is 12.4. The number of hydrogen-bond acceptors (Lipinski definition) is 3. The van der Waals surface area contributed by atoms with Crippen LogP contribution < -0.4 is 0 Å². The van der Waals surface area contributed by atoms with Crippen molar-refractivity contribution in [2.75, 3.05) is 0 Å². The topological polar surface area (TPSA) is 54.4 Å². The Balaban J connectivity index is 2.26. The average molecular weight is 260 g/mol. The molecule has 0 saturated heterocycles. The Morgan fingerprint density at radius 2 is 1.78 bits per heavy atom. The second kappa shape index (κ2) is 5.14. The Labute approximate surface area is 109 Å². The number of aliphatic carboxylic acids is 1. The van der Waals surface area contributed by atoms with E-state index >= 15 is 0 Å². The van der Waals surface area contributed by atoms with Gasteiger partial charge in [0.15, 0.2) is 0 Å². The lowest BCUT2D eigenvalue weighted by molar-refractivity contribution is -0.138. The van der Waals surface area contributed by atoms with Gasteiger partial charge in [-0.25, -0.2) is 0 Å². The summed E-state index contributed by atoms with van der Waals surface area (Å²) in [4.78, 5) is 24.3. The van der Waals surface area contributed by atoms with Gasteiger partial charge >= 0.3 is 5.97 Å². The van der Waals surface area contributed by atoms with E-state index in [1.807, 2.05) is 18.2 Å². The molecule has 0 aliphatic carbocycles. The number of carboxylic acid groups (broad SMARTS) is 1. The van der Waals surface area contributed by atoms with E-state index in [0.29, 0.717) is 15.3 Å². The summed E-state index contributed by atoms with van der Waals surface area (Å²) in [5.74, 6) is -1.52. The van der Waals surface area contributed by atoms with Crippen molar-refractivity contribution >= 4 is 23.1 Å². The van der Waals surface area contributed by atoms with Crippen LogP contribution in [0.1, 0.15) is 33.0 Å². The first-order valence-corrected chi connectivity index (χ1v) is 6.33. The molecule has 1 heterocycles. The van der Waals surface area contributed by atoms with Crippen molar-refractivity contribution in [1.82, 2.24) is 0 Å². The van der Waals surface area contributed by atoms with Gasteiger partial charge < -0.3 is 5.11 Å². The van der Waals surface area contributed by atoms with Crippen molar-refractivity contribution in [3.63, 3.8) is 0 Å². The second-order valence-electron chi connectivity index (χ2n) is 3.96. The standard InChI is InChI=1S/C14H12O3S/c1-9(14(16)17)11-7-8-12(18-11)13(15)10-5-3-2-4-6-10/h2-9H,1H3,(H,16,17)/t9-/m0/s1. The molecule has 3 nitrogen and oxygen atoms in total. The van der Waals surface area contributed by atoms with E-state index in [1.165, 1.54) is 11.3 Å². The smallest absolute Gasteiger partial charge is 0.311 e. The Bertz CT molecular complexity index is 572. The molecule has 0 fully saturated rings. The molecular weight excluding hydrogens is 248 g/mol. The van der Waals surface area contributed by atoms with Gasteiger partial charge in [0.1, 0.15) is 0 Å². The zero-order valence-corrected chi connectivity index (χ0v) is 10.6. The van der Waals surface area contributed by atoms with Crippen LogP contribution in [0.2, 0.25) is 0 Å². The summed E-state index contributed by atoms with van der Waals surface area (Å²) in [6.45, 7) is 1.62. The molecule has 1 N–H and O–H groups in total. The lowest BCUT2D eigenvalue weighted by Gasteiger charge is -2.01. The van der Waals surface area contributed by atoms with E-state index in [0.717, 1.165) is 0 Å². The molecule has 18 heavy (non-hydrogen) atoms. The minimum atomic E-state index is -0.879. The molecule has 0 aliphatic rings. The Morgan fingerprint density at radius 3 is 2.39 bits per heavy atom. The number of carboxylic acids is 1. The van der Waals surface area contributed by atoms with Gasteiger partial charge in [-0.15, -0.1) is 11.3 Å². The third-order valence-electron chi connectivity index (χ3n) is 2.68. The third kappa shape index (κ3) is 2.49. The third-order valence-corrected chi connectivity index (χ3v) is 3.95. The zero-order chi connectivity index (χ0) is 13.1. The van der Waals surface area contributed by atoms with Crippen LogP contribution in [-0.2, 0) is 4.79 Å². The first kappa shape index (κ1) is 12.5. The molecule has 1 atom stereocenters. The number of ketones is 1. The molecule has 0 radical (unpaired) electrons. The van der Waals surface area contributed by atoms with Gasteiger partial charge in [-0.3, -0.25) is 9.59 Å². The Kier molecular flexibility index (Phi) is 3.58. The summed E-state index contributed by atoms with van der Waals surface area (Å²) in [6.07, 6.45) is 0. The SMILES string of the molecule is C[C@H](C(=O)O)c1ccc(C(=O)c2ccccc2)s1. The number of rotatable bonds is 4. The van der Waals surface area contributed by atoms with Crippen LogP contribution in [0.3, 0.4) is 0 Å². The van der Waals surface area contributed by atoms with E-state index < -0.39 is 11.9 Å². The lowest BCUT2D eigenvalue weighted by Crippen LogP contribution is -2.05. The van der Waals surface area contributed by atoms with Crippen LogP contribution in [0.5, 0.6) is 0 Å². The van der Waals surface area contributed by atoms with E-state index in [-0.39, 0.29) is 5.78 Å². The molecule has 0 spiro atoms. The first-order chi connectivity index (χ1) is 8.59. The number of hydrogen-bond donors (Lipinski definition) is 1. The molecule has 4 heteroatoms. The summed E-state index contributed by atoms with van der Waals surface area (Å²) in [5.41, 5.74) is 0.619. The van der Waals surface area contributed by atoms with Gasteiger partial charge in [-0.1, -0.05) is 30.3 Å². The summed E-state index contributed by atoms with van der Waals surface area (Å²) in [5, 5.41) is 8.92. The minimum absolute atomic E-state index is 0.0653. The van der Waals surface area contributed by atoms with Gasteiger partial charge in [0.05, 0.1) is 10.8 Å². The normalized spacial score (nSPS) is 12.1. The summed E-state index contributed by atoms with van der Waals surface area (Å²) >= 11 is 1.24. The van der Waals surface area contributed by atoms with E-state index in [4.69, 9.17) is 5.11 Å². The van der Waals surface area contributed by atoms with Gasteiger partial charge in [0.25, 0.3) is 0 Å². The van der Waals surface area contributed by atoms with Crippen molar-refractivity contribution in [2.45, 2.75) is 12.8 Å².